The highest BCUT2D eigenvalue weighted by Crippen LogP contribution is 2.23. The summed E-state index contributed by atoms with van der Waals surface area (Å²) in [6, 6.07) is 8.28. The molecule has 1 saturated heterocycles. The first-order chi connectivity index (χ1) is 10.2. The van der Waals surface area contributed by atoms with E-state index in [4.69, 9.17) is 10.5 Å². The fourth-order valence-electron chi connectivity index (χ4n) is 2.89. The quantitative estimate of drug-likeness (QED) is 0.907. The van der Waals surface area contributed by atoms with Crippen LogP contribution >= 0.6 is 0 Å². The predicted octanol–water partition coefficient (Wildman–Crippen LogP) is 1.25. The minimum Gasteiger partial charge on any atom is -0.497 e. The number of amides is 1. The summed E-state index contributed by atoms with van der Waals surface area (Å²) in [5.41, 5.74) is 7.20. The third-order valence-electron chi connectivity index (χ3n) is 4.14. The van der Waals surface area contributed by atoms with Gasteiger partial charge in [-0.2, -0.15) is 0 Å². The van der Waals surface area contributed by atoms with Gasteiger partial charge in [0.15, 0.2) is 0 Å². The molecule has 1 aliphatic rings. The SMILES string of the molecule is COc1ccc(C(CN)N2CCCN(C(C)=O)CC2)cc1. The van der Waals surface area contributed by atoms with Crippen molar-refractivity contribution in [3.63, 3.8) is 0 Å². The van der Waals surface area contributed by atoms with Gasteiger partial charge in [0.2, 0.25) is 5.91 Å². The average molecular weight is 291 g/mol. The molecule has 0 aromatic heterocycles. The number of carbonyl (C=O) groups excluding carboxylic acids is 1. The lowest BCUT2D eigenvalue weighted by Gasteiger charge is -2.30. The molecule has 0 saturated carbocycles. The number of benzene rings is 1. The fraction of sp³-hybridized carbons (Fsp3) is 0.562. The molecule has 1 unspecified atom stereocenters. The van der Waals surface area contributed by atoms with Crippen LogP contribution in [-0.2, 0) is 4.79 Å². The average Bonchev–Trinajstić information content (AvgIpc) is 2.75. The number of methoxy groups -OCH3 is 1. The van der Waals surface area contributed by atoms with E-state index in [0.29, 0.717) is 6.54 Å². The number of nitrogens with two attached hydrogens (primary N) is 1. The van der Waals surface area contributed by atoms with Crippen molar-refractivity contribution in [1.82, 2.24) is 9.80 Å². The molecule has 1 amide bonds. The summed E-state index contributed by atoms with van der Waals surface area (Å²) in [7, 11) is 1.67. The molecule has 2 rings (SSSR count). The van der Waals surface area contributed by atoms with Gasteiger partial charge in [0.1, 0.15) is 5.75 Å². The zero-order valence-corrected chi connectivity index (χ0v) is 12.9. The van der Waals surface area contributed by atoms with Crippen molar-refractivity contribution < 1.29 is 9.53 Å². The lowest BCUT2D eigenvalue weighted by atomic mass is 10.0. The highest BCUT2D eigenvalue weighted by molar-refractivity contribution is 5.73. The van der Waals surface area contributed by atoms with E-state index in [1.165, 1.54) is 5.56 Å². The van der Waals surface area contributed by atoms with Gasteiger partial charge in [-0.15, -0.1) is 0 Å². The van der Waals surface area contributed by atoms with Crippen molar-refractivity contribution in [2.75, 3.05) is 39.8 Å². The first-order valence-corrected chi connectivity index (χ1v) is 7.49. The monoisotopic (exact) mass is 291 g/mol. The fourth-order valence-corrected chi connectivity index (χ4v) is 2.89. The normalized spacial score (nSPS) is 18.1. The Labute approximate surface area is 126 Å². The van der Waals surface area contributed by atoms with Crippen LogP contribution in [0, 0.1) is 0 Å². The molecule has 1 fully saturated rings. The Kier molecular flexibility index (Phi) is 5.59. The van der Waals surface area contributed by atoms with Crippen molar-refractivity contribution >= 4 is 5.91 Å². The van der Waals surface area contributed by atoms with Crippen LogP contribution in [0.25, 0.3) is 0 Å². The van der Waals surface area contributed by atoms with E-state index in [9.17, 15) is 4.79 Å². The molecule has 5 nitrogen and oxygen atoms in total. The zero-order valence-electron chi connectivity index (χ0n) is 12.9. The molecule has 21 heavy (non-hydrogen) atoms. The van der Waals surface area contributed by atoms with Gasteiger partial charge < -0.3 is 15.4 Å². The van der Waals surface area contributed by atoms with Crippen LogP contribution in [0.15, 0.2) is 24.3 Å². The van der Waals surface area contributed by atoms with E-state index in [0.717, 1.165) is 38.3 Å². The summed E-state index contributed by atoms with van der Waals surface area (Å²) in [6.45, 7) is 5.67. The Morgan fingerprint density at radius 2 is 1.95 bits per heavy atom. The van der Waals surface area contributed by atoms with Crippen LogP contribution in [0.3, 0.4) is 0 Å². The van der Waals surface area contributed by atoms with Gasteiger partial charge in [-0.25, -0.2) is 0 Å². The molecule has 1 atom stereocenters. The van der Waals surface area contributed by atoms with E-state index in [-0.39, 0.29) is 11.9 Å². The molecule has 0 aliphatic carbocycles. The van der Waals surface area contributed by atoms with Gasteiger partial charge in [0.25, 0.3) is 0 Å². The molecule has 1 heterocycles. The van der Waals surface area contributed by atoms with E-state index < -0.39 is 0 Å². The molecule has 5 heteroatoms. The number of nitrogens with zero attached hydrogens (tertiary/aromatic N) is 2. The third kappa shape index (κ3) is 3.95. The van der Waals surface area contributed by atoms with Gasteiger partial charge in [-0.1, -0.05) is 12.1 Å². The van der Waals surface area contributed by atoms with Crippen LogP contribution in [0.1, 0.15) is 24.9 Å². The van der Waals surface area contributed by atoms with E-state index in [1.807, 2.05) is 17.0 Å². The second kappa shape index (κ2) is 7.43. The molecule has 2 N–H and O–H groups in total. The second-order valence-corrected chi connectivity index (χ2v) is 5.42. The topological polar surface area (TPSA) is 58.8 Å². The molecular formula is C16H25N3O2. The molecule has 1 aliphatic heterocycles. The van der Waals surface area contributed by atoms with Crippen LogP contribution in [0.2, 0.25) is 0 Å². The van der Waals surface area contributed by atoms with Crippen LogP contribution in [-0.4, -0.2) is 55.5 Å². The molecule has 116 valence electrons. The minimum absolute atomic E-state index is 0.158. The summed E-state index contributed by atoms with van der Waals surface area (Å²) < 4.78 is 5.20. The summed E-state index contributed by atoms with van der Waals surface area (Å²) >= 11 is 0. The number of carbonyl (C=O) groups is 1. The number of rotatable bonds is 4. The third-order valence-corrected chi connectivity index (χ3v) is 4.14. The van der Waals surface area contributed by atoms with Crippen LogP contribution in [0.4, 0.5) is 0 Å². The zero-order chi connectivity index (χ0) is 15.2. The van der Waals surface area contributed by atoms with Crippen molar-refractivity contribution in [1.29, 1.82) is 0 Å². The highest BCUT2D eigenvalue weighted by Gasteiger charge is 2.23. The lowest BCUT2D eigenvalue weighted by Crippen LogP contribution is -2.37. The largest absolute Gasteiger partial charge is 0.497 e. The molecule has 0 bridgehead atoms. The van der Waals surface area contributed by atoms with Crippen molar-refractivity contribution in [2.24, 2.45) is 5.73 Å². The lowest BCUT2D eigenvalue weighted by molar-refractivity contribution is -0.128. The maximum absolute atomic E-state index is 11.5. The molecule has 1 aromatic carbocycles. The second-order valence-electron chi connectivity index (χ2n) is 5.42. The van der Waals surface area contributed by atoms with Crippen molar-refractivity contribution in [3.05, 3.63) is 29.8 Å². The van der Waals surface area contributed by atoms with E-state index in [2.05, 4.69) is 17.0 Å². The van der Waals surface area contributed by atoms with E-state index in [1.54, 1.807) is 14.0 Å². The maximum Gasteiger partial charge on any atom is 0.219 e. The molecular weight excluding hydrogens is 266 g/mol. The smallest absolute Gasteiger partial charge is 0.219 e. The Morgan fingerprint density at radius 1 is 1.24 bits per heavy atom. The number of hydrogen-bond acceptors (Lipinski definition) is 4. The summed E-state index contributed by atoms with van der Waals surface area (Å²) in [4.78, 5) is 15.8. The predicted molar refractivity (Wildman–Crippen MR) is 83.2 cm³/mol. The summed E-state index contributed by atoms with van der Waals surface area (Å²) in [5.74, 6) is 1.01. The van der Waals surface area contributed by atoms with Crippen molar-refractivity contribution in [2.45, 2.75) is 19.4 Å². The minimum atomic E-state index is 0.158. The number of hydrogen-bond donors (Lipinski definition) is 1. The van der Waals surface area contributed by atoms with E-state index >= 15 is 0 Å². The highest BCUT2D eigenvalue weighted by atomic mass is 16.5. The van der Waals surface area contributed by atoms with Crippen molar-refractivity contribution in [3.8, 4) is 5.75 Å². The van der Waals surface area contributed by atoms with Crippen LogP contribution in [0.5, 0.6) is 5.75 Å². The summed E-state index contributed by atoms with van der Waals surface area (Å²) in [6.07, 6.45) is 0.992. The maximum atomic E-state index is 11.5. The van der Waals surface area contributed by atoms with Gasteiger partial charge >= 0.3 is 0 Å². The van der Waals surface area contributed by atoms with Gasteiger partial charge in [0, 0.05) is 45.7 Å². The van der Waals surface area contributed by atoms with Gasteiger partial charge in [-0.3, -0.25) is 9.69 Å². The summed E-state index contributed by atoms with van der Waals surface area (Å²) in [5, 5.41) is 0. The van der Waals surface area contributed by atoms with Gasteiger partial charge in [-0.05, 0) is 24.1 Å². The standard InChI is InChI=1S/C16H25N3O2/c1-13(20)18-8-3-9-19(11-10-18)16(12-17)14-4-6-15(21-2)7-5-14/h4-7,16H,3,8-12,17H2,1-2H3. The molecule has 1 aromatic rings. The van der Waals surface area contributed by atoms with Gasteiger partial charge in [0.05, 0.1) is 7.11 Å². The Bertz CT molecular complexity index is 461. The first-order valence-electron chi connectivity index (χ1n) is 7.49. The Balaban J connectivity index is 2.07. The van der Waals surface area contributed by atoms with Crippen LogP contribution < -0.4 is 10.5 Å². The molecule has 0 radical (unpaired) electrons. The Hall–Kier alpha value is -1.59. The number of ether oxygens (including phenoxy) is 1. The molecule has 0 spiro atoms. The first kappa shape index (κ1) is 15.8. The Morgan fingerprint density at radius 3 is 2.52 bits per heavy atom.